The summed E-state index contributed by atoms with van der Waals surface area (Å²) in [7, 11) is 1.73. The average Bonchev–Trinajstić information content (AvgIpc) is 2.76. The first-order valence-corrected chi connectivity index (χ1v) is 5.68. The molecule has 2 heterocycles. The van der Waals surface area contributed by atoms with Gasteiger partial charge in [0.25, 0.3) is 5.91 Å². The Morgan fingerprint density at radius 3 is 3.12 bits per heavy atom. The molecule has 1 N–H and O–H groups in total. The van der Waals surface area contributed by atoms with Crippen molar-refractivity contribution in [3.63, 3.8) is 0 Å². The Balaban J connectivity index is 1.90. The van der Waals surface area contributed by atoms with E-state index in [0.717, 1.165) is 13.1 Å². The van der Waals surface area contributed by atoms with Crippen molar-refractivity contribution in [1.29, 1.82) is 0 Å². The Morgan fingerprint density at radius 1 is 1.71 bits per heavy atom. The number of likely N-dealkylation sites (N-methyl/N-ethyl adjacent to an activating group) is 1. The molecule has 2 rings (SSSR count). The second-order valence-corrected chi connectivity index (χ2v) is 4.22. The fourth-order valence-corrected chi connectivity index (χ4v) is 1.78. The third-order valence-electron chi connectivity index (χ3n) is 2.67. The SMILES string of the molecule is Cc1cc(C(=O)N(C)CC2CNCCO2)on1. The van der Waals surface area contributed by atoms with Crippen molar-refractivity contribution in [1.82, 2.24) is 15.4 Å². The average molecular weight is 239 g/mol. The number of carbonyl (C=O) groups is 1. The molecule has 17 heavy (non-hydrogen) atoms. The molecular formula is C11H17N3O3. The monoisotopic (exact) mass is 239 g/mol. The van der Waals surface area contributed by atoms with Crippen LogP contribution in [-0.4, -0.2) is 55.4 Å². The Kier molecular flexibility index (Phi) is 3.75. The van der Waals surface area contributed by atoms with Crippen molar-refractivity contribution in [2.45, 2.75) is 13.0 Å². The van der Waals surface area contributed by atoms with Crippen LogP contribution in [0, 0.1) is 6.92 Å². The number of hydrogen-bond donors (Lipinski definition) is 1. The summed E-state index contributed by atoms with van der Waals surface area (Å²) in [5.41, 5.74) is 0.706. The van der Waals surface area contributed by atoms with Gasteiger partial charge in [-0.3, -0.25) is 4.79 Å². The molecule has 0 spiro atoms. The van der Waals surface area contributed by atoms with E-state index in [9.17, 15) is 4.79 Å². The lowest BCUT2D eigenvalue weighted by Crippen LogP contribution is -2.45. The third-order valence-corrected chi connectivity index (χ3v) is 2.67. The lowest BCUT2D eigenvalue weighted by Gasteiger charge is -2.27. The number of ether oxygens (including phenoxy) is 1. The first-order valence-electron chi connectivity index (χ1n) is 5.68. The predicted molar refractivity (Wildman–Crippen MR) is 60.8 cm³/mol. The van der Waals surface area contributed by atoms with Crippen molar-refractivity contribution in [2.24, 2.45) is 0 Å². The van der Waals surface area contributed by atoms with Gasteiger partial charge in [0.1, 0.15) is 0 Å². The zero-order valence-electron chi connectivity index (χ0n) is 10.1. The van der Waals surface area contributed by atoms with Gasteiger partial charge in [0.2, 0.25) is 5.76 Å². The Hall–Kier alpha value is -1.40. The van der Waals surface area contributed by atoms with Crippen molar-refractivity contribution >= 4 is 5.91 Å². The lowest BCUT2D eigenvalue weighted by molar-refractivity contribution is 0.00954. The number of carbonyl (C=O) groups excluding carboxylic acids is 1. The van der Waals surface area contributed by atoms with E-state index in [1.54, 1.807) is 24.9 Å². The van der Waals surface area contributed by atoms with Crippen LogP contribution >= 0.6 is 0 Å². The first-order chi connectivity index (χ1) is 8.16. The maximum absolute atomic E-state index is 11.9. The number of nitrogens with one attached hydrogen (secondary N) is 1. The van der Waals surface area contributed by atoms with Crippen molar-refractivity contribution < 1.29 is 14.1 Å². The van der Waals surface area contributed by atoms with Crippen LogP contribution in [0.5, 0.6) is 0 Å². The van der Waals surface area contributed by atoms with Crippen molar-refractivity contribution in [3.8, 4) is 0 Å². The molecule has 1 aromatic rings. The van der Waals surface area contributed by atoms with Crippen molar-refractivity contribution in [3.05, 3.63) is 17.5 Å². The summed E-state index contributed by atoms with van der Waals surface area (Å²) >= 11 is 0. The van der Waals surface area contributed by atoms with Crippen LogP contribution in [0.2, 0.25) is 0 Å². The maximum Gasteiger partial charge on any atom is 0.292 e. The summed E-state index contributed by atoms with van der Waals surface area (Å²) in [4.78, 5) is 13.5. The van der Waals surface area contributed by atoms with Crippen molar-refractivity contribution in [2.75, 3.05) is 33.3 Å². The molecule has 0 bridgehead atoms. The molecule has 1 saturated heterocycles. The van der Waals surface area contributed by atoms with Gasteiger partial charge < -0.3 is 19.5 Å². The quantitative estimate of drug-likeness (QED) is 0.807. The van der Waals surface area contributed by atoms with E-state index in [-0.39, 0.29) is 17.8 Å². The van der Waals surface area contributed by atoms with Gasteiger partial charge >= 0.3 is 0 Å². The summed E-state index contributed by atoms with van der Waals surface area (Å²) in [6.45, 7) is 4.66. The molecule has 1 aromatic heterocycles. The molecule has 6 nitrogen and oxygen atoms in total. The highest BCUT2D eigenvalue weighted by atomic mass is 16.5. The molecule has 6 heteroatoms. The van der Waals surface area contributed by atoms with E-state index in [2.05, 4.69) is 10.5 Å². The molecule has 1 atom stereocenters. The minimum Gasteiger partial charge on any atom is -0.374 e. The van der Waals surface area contributed by atoms with Crippen LogP contribution in [0.25, 0.3) is 0 Å². The van der Waals surface area contributed by atoms with Crippen LogP contribution in [-0.2, 0) is 4.74 Å². The van der Waals surface area contributed by atoms with Gasteiger partial charge in [0, 0.05) is 32.7 Å². The number of aryl methyl sites for hydroxylation is 1. The number of aromatic nitrogens is 1. The van der Waals surface area contributed by atoms with E-state index in [4.69, 9.17) is 9.26 Å². The second-order valence-electron chi connectivity index (χ2n) is 4.22. The van der Waals surface area contributed by atoms with E-state index in [1.165, 1.54) is 0 Å². The number of rotatable bonds is 3. The molecule has 0 aromatic carbocycles. The zero-order chi connectivity index (χ0) is 12.3. The van der Waals surface area contributed by atoms with Gasteiger partial charge in [-0.25, -0.2) is 0 Å². The van der Waals surface area contributed by atoms with Gasteiger partial charge in [-0.2, -0.15) is 0 Å². The number of morpholine rings is 1. The van der Waals surface area contributed by atoms with E-state index in [1.807, 2.05) is 0 Å². The van der Waals surface area contributed by atoms with Gasteiger partial charge in [-0.15, -0.1) is 0 Å². The smallest absolute Gasteiger partial charge is 0.292 e. The molecule has 0 aliphatic carbocycles. The molecule has 1 aliphatic heterocycles. The highest BCUT2D eigenvalue weighted by Gasteiger charge is 2.21. The molecule has 1 amide bonds. The summed E-state index contributed by atoms with van der Waals surface area (Å²) in [6, 6.07) is 1.64. The van der Waals surface area contributed by atoms with Crippen LogP contribution in [0.15, 0.2) is 10.6 Å². The summed E-state index contributed by atoms with van der Waals surface area (Å²) < 4.78 is 10.5. The molecular weight excluding hydrogens is 222 g/mol. The van der Waals surface area contributed by atoms with Gasteiger partial charge in [0.15, 0.2) is 0 Å². The minimum absolute atomic E-state index is 0.0433. The molecule has 0 radical (unpaired) electrons. The van der Waals surface area contributed by atoms with Crippen LogP contribution in [0.3, 0.4) is 0 Å². The van der Waals surface area contributed by atoms with Crippen LogP contribution < -0.4 is 5.32 Å². The number of hydrogen-bond acceptors (Lipinski definition) is 5. The van der Waals surface area contributed by atoms with E-state index >= 15 is 0 Å². The fraction of sp³-hybridized carbons (Fsp3) is 0.636. The van der Waals surface area contributed by atoms with Gasteiger partial charge in [-0.1, -0.05) is 5.16 Å². The topological polar surface area (TPSA) is 67.6 Å². The molecule has 1 aliphatic rings. The first kappa shape index (κ1) is 12.1. The standard InChI is InChI=1S/C11H17N3O3/c1-8-5-10(17-13-8)11(15)14(2)7-9-6-12-3-4-16-9/h5,9,12H,3-4,6-7H2,1-2H3. The van der Waals surface area contributed by atoms with Crippen LogP contribution in [0.1, 0.15) is 16.2 Å². The fourth-order valence-electron chi connectivity index (χ4n) is 1.78. The van der Waals surface area contributed by atoms with Gasteiger partial charge in [0.05, 0.1) is 18.4 Å². The highest BCUT2D eigenvalue weighted by Crippen LogP contribution is 2.07. The van der Waals surface area contributed by atoms with Crippen LogP contribution in [0.4, 0.5) is 0 Å². The summed E-state index contributed by atoms with van der Waals surface area (Å²) in [5, 5.41) is 6.93. The third kappa shape index (κ3) is 3.04. The largest absolute Gasteiger partial charge is 0.374 e. The summed E-state index contributed by atoms with van der Waals surface area (Å²) in [6.07, 6.45) is 0.0433. The predicted octanol–water partition coefficient (Wildman–Crippen LogP) is 0.0434. The van der Waals surface area contributed by atoms with E-state index in [0.29, 0.717) is 18.8 Å². The van der Waals surface area contributed by atoms with E-state index < -0.39 is 0 Å². The molecule has 1 unspecified atom stereocenters. The molecule has 1 fully saturated rings. The minimum atomic E-state index is -0.167. The second kappa shape index (κ2) is 5.29. The number of nitrogens with zero attached hydrogens (tertiary/aromatic N) is 2. The maximum atomic E-state index is 11.9. The number of amides is 1. The Bertz CT molecular complexity index is 385. The zero-order valence-corrected chi connectivity index (χ0v) is 10.1. The lowest BCUT2D eigenvalue weighted by atomic mass is 10.2. The molecule has 0 saturated carbocycles. The highest BCUT2D eigenvalue weighted by molar-refractivity contribution is 5.91. The molecule has 94 valence electrons. The normalized spacial score (nSPS) is 20.2. The Labute approximate surface area is 99.9 Å². The van der Waals surface area contributed by atoms with Gasteiger partial charge in [-0.05, 0) is 6.92 Å². The summed E-state index contributed by atoms with van der Waals surface area (Å²) in [5.74, 6) is 0.105. The Morgan fingerprint density at radius 2 is 2.53 bits per heavy atom.